The number of amides is 1. The van der Waals surface area contributed by atoms with Gasteiger partial charge in [-0.1, -0.05) is 18.5 Å². The second-order valence-corrected chi connectivity index (χ2v) is 4.05. The smallest absolute Gasteiger partial charge is 0.339 e. The summed E-state index contributed by atoms with van der Waals surface area (Å²) in [5.74, 6) is -1.70. The summed E-state index contributed by atoms with van der Waals surface area (Å²) in [7, 11) is 0. The van der Waals surface area contributed by atoms with Crippen LogP contribution in [0.2, 0.25) is 5.02 Å². The van der Waals surface area contributed by atoms with Gasteiger partial charge in [0.1, 0.15) is 6.61 Å². The minimum atomic E-state index is -0.629. The van der Waals surface area contributed by atoms with E-state index >= 15 is 0 Å². The number of carbonyl (C=O) groups excluding carboxylic acids is 2. The summed E-state index contributed by atoms with van der Waals surface area (Å²) in [4.78, 5) is 22.4. The lowest BCUT2D eigenvalue weighted by Gasteiger charge is -2.09. The van der Waals surface area contributed by atoms with E-state index in [9.17, 15) is 9.59 Å². The summed E-state index contributed by atoms with van der Waals surface area (Å²) < 4.78 is 4.91. The zero-order chi connectivity index (χ0) is 13.0. The van der Waals surface area contributed by atoms with Gasteiger partial charge in [0.15, 0.2) is 0 Å². The fourth-order valence-electron chi connectivity index (χ4n) is 1.06. The van der Waals surface area contributed by atoms with Gasteiger partial charge in [-0.15, -0.1) is 0 Å². The highest BCUT2D eigenvalue weighted by Crippen LogP contribution is 2.19. The number of benzene rings is 1. The molecule has 0 bridgehead atoms. The first-order valence-electron chi connectivity index (χ1n) is 4.93. The minimum Gasteiger partial charge on any atom is -0.461 e. The molecule has 0 radical (unpaired) electrons. The van der Waals surface area contributed by atoms with Crippen molar-refractivity contribution in [2.75, 3.05) is 12.3 Å². The lowest BCUT2D eigenvalue weighted by atomic mass is 10.2. The summed E-state index contributed by atoms with van der Waals surface area (Å²) in [6.07, 6.45) is 0. The topological polar surface area (TPSA) is 95.4 Å². The molecule has 17 heavy (non-hydrogen) atoms. The Labute approximate surface area is 104 Å². The number of nitrogens with two attached hydrogens (primary N) is 2. The Morgan fingerprint density at radius 1 is 1.47 bits per heavy atom. The van der Waals surface area contributed by atoms with E-state index in [1.165, 1.54) is 12.1 Å². The van der Waals surface area contributed by atoms with Gasteiger partial charge in [0, 0.05) is 5.69 Å². The number of esters is 1. The average molecular weight is 257 g/mol. The summed E-state index contributed by atoms with van der Waals surface area (Å²) in [6, 6.07) is 4.50. The van der Waals surface area contributed by atoms with Gasteiger partial charge in [-0.2, -0.15) is 0 Å². The zero-order valence-electron chi connectivity index (χ0n) is 9.27. The Morgan fingerprint density at radius 2 is 2.12 bits per heavy atom. The van der Waals surface area contributed by atoms with Crippen molar-refractivity contribution in [3.05, 3.63) is 28.8 Å². The van der Waals surface area contributed by atoms with Crippen LogP contribution >= 0.6 is 11.6 Å². The standard InChI is InChI=1S/C11H13ClN2O3/c1-6(10(14)15)5-17-11(16)8-4-7(13)2-3-9(8)12/h2-4,6H,5,13H2,1H3,(H2,14,15). The summed E-state index contributed by atoms with van der Waals surface area (Å²) in [5, 5.41) is 0.246. The van der Waals surface area contributed by atoms with E-state index in [1.807, 2.05) is 0 Å². The average Bonchev–Trinajstić information content (AvgIpc) is 2.28. The van der Waals surface area contributed by atoms with Crippen LogP contribution < -0.4 is 11.5 Å². The number of nitrogen functional groups attached to an aromatic ring is 1. The molecule has 0 aliphatic carbocycles. The summed E-state index contributed by atoms with van der Waals surface area (Å²) in [5.41, 5.74) is 11.1. The van der Waals surface area contributed by atoms with Crippen molar-refractivity contribution in [1.82, 2.24) is 0 Å². The van der Waals surface area contributed by atoms with E-state index in [0.717, 1.165) is 0 Å². The molecular formula is C11H13ClN2O3. The van der Waals surface area contributed by atoms with Gasteiger partial charge in [-0.3, -0.25) is 4.79 Å². The molecule has 6 heteroatoms. The number of hydrogen-bond acceptors (Lipinski definition) is 4. The highest BCUT2D eigenvalue weighted by molar-refractivity contribution is 6.33. The number of hydrogen-bond donors (Lipinski definition) is 2. The van der Waals surface area contributed by atoms with Gasteiger partial charge in [-0.05, 0) is 18.2 Å². The van der Waals surface area contributed by atoms with Crippen molar-refractivity contribution in [2.45, 2.75) is 6.92 Å². The fraction of sp³-hybridized carbons (Fsp3) is 0.273. The number of halogens is 1. The molecule has 1 atom stereocenters. The molecule has 0 aliphatic rings. The van der Waals surface area contributed by atoms with Gasteiger partial charge >= 0.3 is 5.97 Å². The Morgan fingerprint density at radius 3 is 2.71 bits per heavy atom. The van der Waals surface area contributed by atoms with Crippen molar-refractivity contribution >= 4 is 29.2 Å². The molecule has 4 N–H and O–H groups in total. The molecule has 0 saturated carbocycles. The third kappa shape index (κ3) is 3.64. The molecule has 1 aromatic rings. The van der Waals surface area contributed by atoms with Crippen LogP contribution in [0.25, 0.3) is 0 Å². The molecule has 0 heterocycles. The van der Waals surface area contributed by atoms with Crippen LogP contribution in [0, 0.1) is 5.92 Å². The van der Waals surface area contributed by atoms with E-state index < -0.39 is 17.8 Å². The lowest BCUT2D eigenvalue weighted by molar-refractivity contribution is -0.122. The minimum absolute atomic E-state index is 0.0840. The van der Waals surface area contributed by atoms with Gasteiger partial charge in [0.25, 0.3) is 0 Å². The maximum Gasteiger partial charge on any atom is 0.339 e. The van der Waals surface area contributed by atoms with Gasteiger partial charge < -0.3 is 16.2 Å². The van der Waals surface area contributed by atoms with Crippen LogP contribution in [0.3, 0.4) is 0 Å². The number of anilines is 1. The second-order valence-electron chi connectivity index (χ2n) is 3.64. The maximum atomic E-state index is 11.6. The Bertz CT molecular complexity index is 448. The molecular weight excluding hydrogens is 244 g/mol. The molecule has 1 aromatic carbocycles. The molecule has 0 aliphatic heterocycles. The molecule has 0 fully saturated rings. The van der Waals surface area contributed by atoms with Crippen LogP contribution in [0.15, 0.2) is 18.2 Å². The normalized spacial score (nSPS) is 11.9. The van der Waals surface area contributed by atoms with E-state index in [-0.39, 0.29) is 17.2 Å². The maximum absolute atomic E-state index is 11.6. The van der Waals surface area contributed by atoms with Crippen LogP contribution in [-0.2, 0) is 9.53 Å². The monoisotopic (exact) mass is 256 g/mol. The molecule has 1 amide bonds. The Hall–Kier alpha value is -1.75. The summed E-state index contributed by atoms with van der Waals surface area (Å²) >= 11 is 5.82. The molecule has 0 saturated heterocycles. The van der Waals surface area contributed by atoms with E-state index in [2.05, 4.69) is 0 Å². The first-order valence-corrected chi connectivity index (χ1v) is 5.31. The van der Waals surface area contributed by atoms with Crippen molar-refractivity contribution in [3.63, 3.8) is 0 Å². The number of carbonyl (C=O) groups is 2. The molecule has 0 aromatic heterocycles. The van der Waals surface area contributed by atoms with Crippen molar-refractivity contribution in [1.29, 1.82) is 0 Å². The first-order chi connectivity index (χ1) is 7.91. The highest BCUT2D eigenvalue weighted by Gasteiger charge is 2.15. The second kappa shape index (κ2) is 5.54. The summed E-state index contributed by atoms with van der Waals surface area (Å²) in [6.45, 7) is 1.48. The van der Waals surface area contributed by atoms with Crippen LogP contribution in [0.1, 0.15) is 17.3 Å². The Kier molecular flexibility index (Phi) is 4.34. The molecule has 0 spiro atoms. The van der Waals surface area contributed by atoms with Gasteiger partial charge in [-0.25, -0.2) is 4.79 Å². The largest absolute Gasteiger partial charge is 0.461 e. The molecule has 1 rings (SSSR count). The van der Waals surface area contributed by atoms with Crippen LogP contribution in [0.4, 0.5) is 5.69 Å². The number of rotatable bonds is 4. The SMILES string of the molecule is CC(COC(=O)c1cc(N)ccc1Cl)C(N)=O. The quantitative estimate of drug-likeness (QED) is 0.625. The zero-order valence-corrected chi connectivity index (χ0v) is 10.0. The Balaban J connectivity index is 2.70. The molecule has 92 valence electrons. The van der Waals surface area contributed by atoms with E-state index in [1.54, 1.807) is 13.0 Å². The number of ether oxygens (including phenoxy) is 1. The third-order valence-electron chi connectivity index (χ3n) is 2.16. The van der Waals surface area contributed by atoms with Crippen molar-refractivity contribution in [2.24, 2.45) is 11.7 Å². The molecule has 1 unspecified atom stereocenters. The third-order valence-corrected chi connectivity index (χ3v) is 2.49. The van der Waals surface area contributed by atoms with Gasteiger partial charge in [0.05, 0.1) is 16.5 Å². The van der Waals surface area contributed by atoms with Crippen LogP contribution in [-0.4, -0.2) is 18.5 Å². The van der Waals surface area contributed by atoms with Crippen molar-refractivity contribution < 1.29 is 14.3 Å². The predicted molar refractivity (Wildman–Crippen MR) is 64.5 cm³/mol. The van der Waals surface area contributed by atoms with Crippen molar-refractivity contribution in [3.8, 4) is 0 Å². The first kappa shape index (κ1) is 13.3. The van der Waals surface area contributed by atoms with E-state index in [4.69, 9.17) is 27.8 Å². The number of primary amides is 1. The molecule has 5 nitrogen and oxygen atoms in total. The lowest BCUT2D eigenvalue weighted by Crippen LogP contribution is -2.26. The highest BCUT2D eigenvalue weighted by atomic mass is 35.5. The van der Waals surface area contributed by atoms with E-state index in [0.29, 0.717) is 5.69 Å². The predicted octanol–water partition coefficient (Wildman–Crippen LogP) is 1.20. The van der Waals surface area contributed by atoms with Crippen LogP contribution in [0.5, 0.6) is 0 Å². The fourth-order valence-corrected chi connectivity index (χ4v) is 1.25. The van der Waals surface area contributed by atoms with Gasteiger partial charge in [0.2, 0.25) is 5.91 Å².